The number of nitrogens with zero attached hydrogens (tertiary/aromatic N) is 2. The SMILES string of the molecule is CN=C(NCCS(=O)Cc1ccccc1)N1CCCC2(CCCOC2)C1.I. The van der Waals surface area contributed by atoms with Crippen LogP contribution in [0.1, 0.15) is 31.2 Å². The Balaban J connectivity index is 0.00000261. The minimum atomic E-state index is -0.861. The van der Waals surface area contributed by atoms with Crippen molar-refractivity contribution in [3.05, 3.63) is 35.9 Å². The fourth-order valence-corrected chi connectivity index (χ4v) is 5.10. The highest BCUT2D eigenvalue weighted by Crippen LogP contribution is 2.37. The molecule has 0 radical (unpaired) electrons. The molecule has 1 aromatic rings. The maximum Gasteiger partial charge on any atom is 0.193 e. The van der Waals surface area contributed by atoms with Gasteiger partial charge in [0.2, 0.25) is 0 Å². The lowest BCUT2D eigenvalue weighted by atomic mass is 9.76. The third-order valence-electron chi connectivity index (χ3n) is 5.36. The van der Waals surface area contributed by atoms with Crippen LogP contribution >= 0.6 is 24.0 Å². The van der Waals surface area contributed by atoms with Gasteiger partial charge < -0.3 is 15.0 Å². The molecule has 0 amide bonds. The number of hydrogen-bond acceptors (Lipinski definition) is 3. The number of rotatable bonds is 5. The Morgan fingerprint density at radius 1 is 1.30 bits per heavy atom. The first-order chi connectivity index (χ1) is 12.7. The Morgan fingerprint density at radius 3 is 2.78 bits per heavy atom. The van der Waals surface area contributed by atoms with Gasteiger partial charge in [0.25, 0.3) is 0 Å². The molecule has 152 valence electrons. The van der Waals surface area contributed by atoms with Crippen molar-refractivity contribution in [2.75, 3.05) is 45.6 Å². The molecule has 2 unspecified atom stereocenters. The van der Waals surface area contributed by atoms with Gasteiger partial charge in [0.15, 0.2) is 5.96 Å². The summed E-state index contributed by atoms with van der Waals surface area (Å²) in [7, 11) is 0.974. The number of ether oxygens (including phenoxy) is 1. The number of likely N-dealkylation sites (tertiary alicyclic amines) is 1. The van der Waals surface area contributed by atoms with E-state index < -0.39 is 10.8 Å². The van der Waals surface area contributed by atoms with E-state index in [1.807, 2.05) is 37.4 Å². The molecule has 0 aliphatic carbocycles. The first-order valence-electron chi connectivity index (χ1n) is 9.63. The van der Waals surface area contributed by atoms with E-state index in [-0.39, 0.29) is 24.0 Å². The molecular weight excluding hydrogens is 473 g/mol. The Morgan fingerprint density at radius 2 is 2.07 bits per heavy atom. The zero-order valence-corrected chi connectivity index (χ0v) is 19.3. The molecule has 2 fully saturated rings. The second-order valence-corrected chi connectivity index (χ2v) is 9.01. The van der Waals surface area contributed by atoms with E-state index in [2.05, 4.69) is 15.2 Å². The highest BCUT2D eigenvalue weighted by Gasteiger charge is 2.38. The standard InChI is InChI=1S/C20H31N3O2S.HI/c1-21-19(22-11-14-26(24)15-18-7-3-2-4-8-18)23-12-5-9-20(16-23)10-6-13-25-17-20;/h2-4,7-8H,5-6,9-17H2,1H3,(H,21,22);1H. The van der Waals surface area contributed by atoms with E-state index in [9.17, 15) is 4.21 Å². The van der Waals surface area contributed by atoms with Gasteiger partial charge in [0.1, 0.15) is 0 Å². The molecule has 1 aromatic carbocycles. The zero-order valence-electron chi connectivity index (χ0n) is 16.2. The minimum absolute atomic E-state index is 0. The van der Waals surface area contributed by atoms with Crippen LogP contribution in [0.2, 0.25) is 0 Å². The lowest BCUT2D eigenvalue weighted by Gasteiger charge is -2.45. The first-order valence-corrected chi connectivity index (χ1v) is 11.1. The molecule has 2 saturated heterocycles. The molecule has 3 rings (SSSR count). The third-order valence-corrected chi connectivity index (χ3v) is 6.67. The van der Waals surface area contributed by atoms with E-state index in [1.165, 1.54) is 25.7 Å². The Hall–Kier alpha value is -0.670. The molecule has 0 aromatic heterocycles. The van der Waals surface area contributed by atoms with Crippen molar-refractivity contribution in [1.29, 1.82) is 0 Å². The van der Waals surface area contributed by atoms with E-state index in [1.54, 1.807) is 0 Å². The summed E-state index contributed by atoms with van der Waals surface area (Å²) in [6.07, 6.45) is 4.85. The molecular formula is C20H32IN3O2S. The van der Waals surface area contributed by atoms with Gasteiger partial charge in [-0.25, -0.2) is 0 Å². The monoisotopic (exact) mass is 505 g/mol. The predicted octanol–water partition coefficient (Wildman–Crippen LogP) is 3.02. The summed E-state index contributed by atoms with van der Waals surface area (Å²) >= 11 is 0. The van der Waals surface area contributed by atoms with Crippen LogP contribution in [0, 0.1) is 5.41 Å². The molecule has 27 heavy (non-hydrogen) atoms. The molecule has 2 aliphatic heterocycles. The van der Waals surface area contributed by atoms with Crippen LogP contribution in [0.5, 0.6) is 0 Å². The van der Waals surface area contributed by atoms with E-state index in [0.717, 1.165) is 37.8 Å². The summed E-state index contributed by atoms with van der Waals surface area (Å²) in [4.78, 5) is 6.82. The van der Waals surface area contributed by atoms with Crippen LogP contribution in [0.4, 0.5) is 0 Å². The van der Waals surface area contributed by atoms with Crippen LogP contribution in [-0.2, 0) is 21.3 Å². The third kappa shape index (κ3) is 6.71. The lowest BCUT2D eigenvalue weighted by Crippen LogP contribution is -2.53. The summed E-state index contributed by atoms with van der Waals surface area (Å²) in [6, 6.07) is 10.0. The lowest BCUT2D eigenvalue weighted by molar-refractivity contribution is -0.0370. The van der Waals surface area contributed by atoms with E-state index in [4.69, 9.17) is 4.74 Å². The fourth-order valence-electron chi connectivity index (χ4n) is 4.06. The van der Waals surface area contributed by atoms with Gasteiger partial charge in [-0.05, 0) is 31.2 Å². The maximum atomic E-state index is 12.3. The van der Waals surface area contributed by atoms with Gasteiger partial charge in [0, 0.05) is 61.0 Å². The van der Waals surface area contributed by atoms with Gasteiger partial charge in [0.05, 0.1) is 6.61 Å². The average molecular weight is 505 g/mol. The van der Waals surface area contributed by atoms with E-state index in [0.29, 0.717) is 23.5 Å². The number of nitrogens with one attached hydrogen (secondary N) is 1. The molecule has 5 nitrogen and oxygen atoms in total. The Bertz CT molecular complexity index is 615. The molecule has 2 heterocycles. The predicted molar refractivity (Wildman–Crippen MR) is 123 cm³/mol. The second kappa shape index (κ2) is 11.4. The van der Waals surface area contributed by atoms with Crippen molar-refractivity contribution < 1.29 is 8.95 Å². The minimum Gasteiger partial charge on any atom is -0.381 e. The number of halogens is 1. The average Bonchev–Trinajstić information content (AvgIpc) is 2.67. The number of hydrogen-bond donors (Lipinski definition) is 1. The van der Waals surface area contributed by atoms with E-state index >= 15 is 0 Å². The van der Waals surface area contributed by atoms with Crippen molar-refractivity contribution in [2.24, 2.45) is 10.4 Å². The normalized spacial score (nSPS) is 24.3. The van der Waals surface area contributed by atoms with Crippen molar-refractivity contribution in [3.8, 4) is 0 Å². The fraction of sp³-hybridized carbons (Fsp3) is 0.650. The summed E-state index contributed by atoms with van der Waals surface area (Å²) in [5.74, 6) is 2.19. The van der Waals surface area contributed by atoms with Crippen LogP contribution in [0.25, 0.3) is 0 Å². The quantitative estimate of drug-likeness (QED) is 0.380. The summed E-state index contributed by atoms with van der Waals surface area (Å²) in [6.45, 7) is 4.52. The van der Waals surface area contributed by atoms with Crippen molar-refractivity contribution >= 4 is 40.7 Å². The summed E-state index contributed by atoms with van der Waals surface area (Å²) < 4.78 is 18.1. The van der Waals surface area contributed by atoms with Crippen molar-refractivity contribution in [2.45, 2.75) is 31.4 Å². The van der Waals surface area contributed by atoms with Gasteiger partial charge in [-0.1, -0.05) is 30.3 Å². The van der Waals surface area contributed by atoms with Crippen LogP contribution in [-0.4, -0.2) is 60.7 Å². The van der Waals surface area contributed by atoms with Crippen LogP contribution in [0.3, 0.4) is 0 Å². The molecule has 0 bridgehead atoms. The largest absolute Gasteiger partial charge is 0.381 e. The first kappa shape index (κ1) is 22.6. The number of guanidine groups is 1. The van der Waals surface area contributed by atoms with Crippen LogP contribution < -0.4 is 5.32 Å². The molecule has 2 atom stereocenters. The molecule has 1 N–H and O–H groups in total. The Kier molecular flexibility index (Phi) is 9.52. The van der Waals surface area contributed by atoms with Gasteiger partial charge in [-0.2, -0.15) is 0 Å². The molecule has 2 aliphatic rings. The van der Waals surface area contributed by atoms with Gasteiger partial charge in [-0.3, -0.25) is 9.20 Å². The summed E-state index contributed by atoms with van der Waals surface area (Å²) in [5.41, 5.74) is 1.43. The van der Waals surface area contributed by atoms with Crippen LogP contribution in [0.15, 0.2) is 35.3 Å². The zero-order chi connectivity index (χ0) is 18.2. The smallest absolute Gasteiger partial charge is 0.193 e. The Labute approximate surface area is 182 Å². The maximum absolute atomic E-state index is 12.3. The number of piperidine rings is 1. The molecule has 1 spiro atoms. The van der Waals surface area contributed by atoms with Crippen molar-refractivity contribution in [3.63, 3.8) is 0 Å². The van der Waals surface area contributed by atoms with Gasteiger partial charge >= 0.3 is 0 Å². The molecule has 7 heteroatoms. The number of benzene rings is 1. The second-order valence-electron chi connectivity index (χ2n) is 7.43. The van der Waals surface area contributed by atoms with Gasteiger partial charge in [-0.15, -0.1) is 24.0 Å². The topological polar surface area (TPSA) is 53.9 Å². The summed E-state index contributed by atoms with van der Waals surface area (Å²) in [5, 5.41) is 3.42. The highest BCUT2D eigenvalue weighted by molar-refractivity contribution is 14.0. The number of aliphatic imine (C=N–C) groups is 1. The molecule has 0 saturated carbocycles. The van der Waals surface area contributed by atoms with Crippen molar-refractivity contribution in [1.82, 2.24) is 10.2 Å². The highest BCUT2D eigenvalue weighted by atomic mass is 127.